The van der Waals surface area contributed by atoms with Crippen molar-refractivity contribution in [3.05, 3.63) is 58.4 Å². The van der Waals surface area contributed by atoms with Gasteiger partial charge < -0.3 is 26.5 Å². The van der Waals surface area contributed by atoms with E-state index in [1.54, 1.807) is 6.20 Å². The van der Waals surface area contributed by atoms with Crippen LogP contribution in [0.3, 0.4) is 0 Å². The Kier molecular flexibility index (Phi) is 5.88. The lowest BCUT2D eigenvalue weighted by Gasteiger charge is -2.30. The fourth-order valence-electron chi connectivity index (χ4n) is 3.25. The number of carbonyl (C=O) groups is 3. The van der Waals surface area contributed by atoms with Crippen molar-refractivity contribution in [1.82, 2.24) is 15.6 Å². The third-order valence-corrected chi connectivity index (χ3v) is 5.64. The summed E-state index contributed by atoms with van der Waals surface area (Å²) in [6.07, 6.45) is 0.752. The molecule has 0 aliphatic heterocycles. The number of aromatic amines is 1. The zero-order valence-corrected chi connectivity index (χ0v) is 16.6. The molecule has 0 saturated carbocycles. The summed E-state index contributed by atoms with van der Waals surface area (Å²) in [5.74, 6) is -1.30. The lowest BCUT2D eigenvalue weighted by atomic mass is 9.91. The van der Waals surface area contributed by atoms with Gasteiger partial charge in [-0.3, -0.25) is 9.59 Å². The van der Waals surface area contributed by atoms with Gasteiger partial charge in [0.05, 0.1) is 0 Å². The number of fused-ring (bicyclic) bond motifs is 1. The van der Waals surface area contributed by atoms with E-state index in [2.05, 4.69) is 15.6 Å². The van der Waals surface area contributed by atoms with Crippen molar-refractivity contribution in [2.24, 2.45) is 5.73 Å². The SMILES string of the molecule is CC(Cc1c[nH]c2ccccc12)(NC(=O)O)C(=O)NC(Cc1cccs1)C(N)=O. The first-order valence-electron chi connectivity index (χ1n) is 8.97. The number of aromatic nitrogens is 1. The monoisotopic (exact) mass is 414 g/mol. The molecule has 1 aromatic carbocycles. The van der Waals surface area contributed by atoms with Crippen LogP contribution in [0.1, 0.15) is 17.4 Å². The van der Waals surface area contributed by atoms with Crippen LogP contribution in [0.5, 0.6) is 0 Å². The number of H-pyrrole nitrogens is 1. The number of carbonyl (C=O) groups excluding carboxylic acids is 2. The number of hydrogen-bond acceptors (Lipinski definition) is 4. The molecular weight excluding hydrogens is 392 g/mol. The van der Waals surface area contributed by atoms with Crippen molar-refractivity contribution in [3.8, 4) is 0 Å². The second-order valence-corrected chi connectivity index (χ2v) is 8.04. The summed E-state index contributed by atoms with van der Waals surface area (Å²) in [7, 11) is 0. The molecule has 0 fully saturated rings. The molecule has 3 amide bonds. The summed E-state index contributed by atoms with van der Waals surface area (Å²) < 4.78 is 0. The van der Waals surface area contributed by atoms with E-state index in [1.165, 1.54) is 18.3 Å². The smallest absolute Gasteiger partial charge is 0.405 e. The molecule has 6 N–H and O–H groups in total. The Morgan fingerprint density at radius 1 is 1.24 bits per heavy atom. The number of nitrogens with two attached hydrogens (primary N) is 1. The molecular formula is C20H22N4O4S. The molecule has 0 radical (unpaired) electrons. The molecule has 0 aliphatic carbocycles. The van der Waals surface area contributed by atoms with Gasteiger partial charge in [-0.05, 0) is 30.0 Å². The highest BCUT2D eigenvalue weighted by Gasteiger charge is 2.38. The molecule has 2 aromatic heterocycles. The maximum atomic E-state index is 13.1. The molecule has 0 saturated heterocycles. The van der Waals surface area contributed by atoms with Crippen LogP contribution in [0.25, 0.3) is 10.9 Å². The van der Waals surface area contributed by atoms with Gasteiger partial charge in [0.1, 0.15) is 11.6 Å². The van der Waals surface area contributed by atoms with Crippen LogP contribution in [0, 0.1) is 0 Å². The van der Waals surface area contributed by atoms with Crippen LogP contribution in [0.15, 0.2) is 48.0 Å². The van der Waals surface area contributed by atoms with Gasteiger partial charge in [0.15, 0.2) is 0 Å². The number of rotatable bonds is 8. The average molecular weight is 414 g/mol. The summed E-state index contributed by atoms with van der Waals surface area (Å²) in [5.41, 5.74) is 5.63. The molecule has 2 heterocycles. The van der Waals surface area contributed by atoms with Crippen molar-refractivity contribution in [3.63, 3.8) is 0 Å². The molecule has 3 aromatic rings. The first-order valence-corrected chi connectivity index (χ1v) is 9.85. The normalized spacial score (nSPS) is 14.1. The van der Waals surface area contributed by atoms with Crippen LogP contribution in [-0.2, 0) is 22.4 Å². The molecule has 29 heavy (non-hydrogen) atoms. The van der Waals surface area contributed by atoms with E-state index in [1.807, 2.05) is 41.8 Å². The number of para-hydroxylation sites is 1. The number of benzene rings is 1. The van der Waals surface area contributed by atoms with Gasteiger partial charge in [-0.15, -0.1) is 11.3 Å². The molecule has 0 spiro atoms. The van der Waals surface area contributed by atoms with E-state index in [0.29, 0.717) is 0 Å². The topological polar surface area (TPSA) is 137 Å². The van der Waals surface area contributed by atoms with Crippen LogP contribution in [0.2, 0.25) is 0 Å². The van der Waals surface area contributed by atoms with Gasteiger partial charge >= 0.3 is 6.09 Å². The number of thiophene rings is 1. The molecule has 3 rings (SSSR count). The molecule has 0 aliphatic rings. The Bertz CT molecular complexity index is 1030. The zero-order chi connectivity index (χ0) is 21.0. The summed E-state index contributed by atoms with van der Waals surface area (Å²) in [5, 5.41) is 17.0. The molecule has 9 heteroatoms. The van der Waals surface area contributed by atoms with Crippen LogP contribution < -0.4 is 16.4 Å². The zero-order valence-electron chi connectivity index (χ0n) is 15.8. The lowest BCUT2D eigenvalue weighted by Crippen LogP contribution is -2.61. The van der Waals surface area contributed by atoms with E-state index < -0.39 is 29.5 Å². The highest BCUT2D eigenvalue weighted by atomic mass is 32.1. The minimum Gasteiger partial charge on any atom is -0.465 e. The number of carboxylic acid groups (broad SMARTS) is 1. The molecule has 8 nitrogen and oxygen atoms in total. The van der Waals surface area contributed by atoms with Crippen molar-refractivity contribution in [2.45, 2.75) is 31.3 Å². The summed E-state index contributed by atoms with van der Waals surface area (Å²) in [4.78, 5) is 40.3. The number of primary amides is 1. The largest absolute Gasteiger partial charge is 0.465 e. The first kappa shape index (κ1) is 20.4. The highest BCUT2D eigenvalue weighted by molar-refractivity contribution is 7.09. The third-order valence-electron chi connectivity index (χ3n) is 4.74. The van der Waals surface area contributed by atoms with Gasteiger partial charge in [-0.25, -0.2) is 4.79 Å². The quantitative estimate of drug-likeness (QED) is 0.385. The predicted molar refractivity (Wildman–Crippen MR) is 111 cm³/mol. The lowest BCUT2D eigenvalue weighted by molar-refractivity contribution is -0.131. The highest BCUT2D eigenvalue weighted by Crippen LogP contribution is 2.23. The predicted octanol–water partition coefficient (Wildman–Crippen LogP) is 2.01. The summed E-state index contributed by atoms with van der Waals surface area (Å²) in [6.45, 7) is 1.49. The van der Waals surface area contributed by atoms with Crippen LogP contribution in [-0.4, -0.2) is 39.6 Å². The number of amides is 3. The number of hydrogen-bond donors (Lipinski definition) is 5. The van der Waals surface area contributed by atoms with E-state index in [4.69, 9.17) is 5.73 Å². The van der Waals surface area contributed by atoms with E-state index in [0.717, 1.165) is 21.3 Å². The van der Waals surface area contributed by atoms with Gasteiger partial charge in [0, 0.05) is 34.8 Å². The molecule has 2 atom stereocenters. The Hall–Kier alpha value is -3.33. The fourth-order valence-corrected chi connectivity index (χ4v) is 4.00. The average Bonchev–Trinajstić information content (AvgIpc) is 3.30. The van der Waals surface area contributed by atoms with Crippen molar-refractivity contribution >= 4 is 40.1 Å². The van der Waals surface area contributed by atoms with Crippen molar-refractivity contribution in [1.29, 1.82) is 0 Å². The molecule has 0 bridgehead atoms. The summed E-state index contributed by atoms with van der Waals surface area (Å²) >= 11 is 1.45. The van der Waals surface area contributed by atoms with E-state index in [9.17, 15) is 19.5 Å². The van der Waals surface area contributed by atoms with E-state index in [-0.39, 0.29) is 12.8 Å². The van der Waals surface area contributed by atoms with Gasteiger partial charge in [-0.2, -0.15) is 0 Å². The second kappa shape index (κ2) is 8.36. The van der Waals surface area contributed by atoms with Crippen LogP contribution in [0.4, 0.5) is 4.79 Å². The van der Waals surface area contributed by atoms with Gasteiger partial charge in [-0.1, -0.05) is 24.3 Å². The van der Waals surface area contributed by atoms with Gasteiger partial charge in [0.25, 0.3) is 0 Å². The van der Waals surface area contributed by atoms with Crippen LogP contribution >= 0.6 is 11.3 Å². The second-order valence-electron chi connectivity index (χ2n) is 7.01. The fraction of sp³-hybridized carbons (Fsp3) is 0.250. The standard InChI is InChI=1S/C20H22N4O4S/c1-20(24-19(27)28,10-12-11-22-15-7-3-2-6-14(12)15)18(26)23-16(17(21)25)9-13-5-4-8-29-13/h2-8,11,16,22,24H,9-10H2,1H3,(H2,21,25)(H,23,26)(H,27,28). The van der Waals surface area contributed by atoms with E-state index >= 15 is 0 Å². The number of nitrogens with one attached hydrogen (secondary N) is 3. The van der Waals surface area contributed by atoms with Crippen molar-refractivity contribution in [2.75, 3.05) is 0 Å². The Balaban J connectivity index is 1.84. The Morgan fingerprint density at radius 3 is 2.66 bits per heavy atom. The minimum atomic E-state index is -1.50. The Labute approximate surface area is 171 Å². The van der Waals surface area contributed by atoms with Gasteiger partial charge in [0.2, 0.25) is 11.8 Å². The molecule has 152 valence electrons. The summed E-state index contributed by atoms with van der Waals surface area (Å²) in [6, 6.07) is 10.3. The molecule has 2 unspecified atom stereocenters. The maximum absolute atomic E-state index is 13.1. The Morgan fingerprint density at radius 2 is 2.00 bits per heavy atom. The maximum Gasteiger partial charge on any atom is 0.405 e. The third kappa shape index (κ3) is 4.75. The minimum absolute atomic E-state index is 0.0969. The van der Waals surface area contributed by atoms with Crippen molar-refractivity contribution < 1.29 is 19.5 Å². The first-order chi connectivity index (χ1) is 13.8.